The Morgan fingerprint density at radius 2 is 1.65 bits per heavy atom. The molecule has 0 unspecified atom stereocenters. The van der Waals surface area contributed by atoms with E-state index in [1.165, 1.54) is 18.2 Å². The van der Waals surface area contributed by atoms with Crippen molar-refractivity contribution in [3.63, 3.8) is 0 Å². The van der Waals surface area contributed by atoms with Crippen LogP contribution in [0.1, 0.15) is 16.7 Å². The van der Waals surface area contributed by atoms with Gasteiger partial charge in [0.1, 0.15) is 12.4 Å². The van der Waals surface area contributed by atoms with E-state index in [9.17, 15) is 13.2 Å². The molecule has 0 aliphatic rings. The van der Waals surface area contributed by atoms with E-state index in [1.54, 1.807) is 24.3 Å². The fourth-order valence-electron chi connectivity index (χ4n) is 1.74. The monoisotopic (exact) mass is 277 g/mol. The zero-order valence-corrected chi connectivity index (χ0v) is 10.3. The lowest BCUT2D eigenvalue weighted by Gasteiger charge is -2.14. The third-order valence-corrected chi connectivity index (χ3v) is 2.71. The Morgan fingerprint density at radius 1 is 1.00 bits per heavy atom. The van der Waals surface area contributed by atoms with Gasteiger partial charge >= 0.3 is 6.18 Å². The van der Waals surface area contributed by atoms with Crippen LogP contribution in [0.3, 0.4) is 0 Å². The number of ether oxygens (including phenoxy) is 1. The highest BCUT2D eigenvalue weighted by Gasteiger charge is 2.33. The summed E-state index contributed by atoms with van der Waals surface area (Å²) in [5.74, 6) is -0.243. The summed E-state index contributed by atoms with van der Waals surface area (Å²) in [4.78, 5) is 0. The molecule has 0 saturated carbocycles. The summed E-state index contributed by atoms with van der Waals surface area (Å²) in [7, 11) is 0. The largest absolute Gasteiger partial charge is 0.488 e. The van der Waals surface area contributed by atoms with Crippen molar-refractivity contribution in [2.24, 2.45) is 0 Å². The van der Waals surface area contributed by atoms with Gasteiger partial charge in [-0.05, 0) is 18.2 Å². The van der Waals surface area contributed by atoms with E-state index < -0.39 is 11.7 Å². The normalized spacial score (nSPS) is 10.9. The third-order valence-electron chi connectivity index (χ3n) is 2.71. The summed E-state index contributed by atoms with van der Waals surface area (Å²) in [5.41, 5.74) is 0.110. The average molecular weight is 277 g/mol. The van der Waals surface area contributed by atoms with Crippen LogP contribution in [0.2, 0.25) is 0 Å². The van der Waals surface area contributed by atoms with Crippen LogP contribution in [-0.4, -0.2) is 0 Å². The maximum Gasteiger partial charge on any atom is 0.419 e. The minimum atomic E-state index is -4.47. The molecule has 102 valence electrons. The minimum Gasteiger partial charge on any atom is -0.488 e. The van der Waals surface area contributed by atoms with Gasteiger partial charge in [0.05, 0.1) is 17.2 Å². The molecular formula is C15H10F3NO. The highest BCUT2D eigenvalue weighted by molar-refractivity contribution is 5.39. The van der Waals surface area contributed by atoms with Gasteiger partial charge in [-0.3, -0.25) is 0 Å². The number of para-hydroxylation sites is 1. The second-order valence-corrected chi connectivity index (χ2v) is 4.05. The molecule has 0 bridgehead atoms. The van der Waals surface area contributed by atoms with Crippen molar-refractivity contribution in [2.45, 2.75) is 12.8 Å². The van der Waals surface area contributed by atoms with Gasteiger partial charge in [0, 0.05) is 5.56 Å². The molecule has 0 N–H and O–H groups in total. The van der Waals surface area contributed by atoms with Gasteiger partial charge in [0.25, 0.3) is 0 Å². The Balaban J connectivity index is 2.22. The first-order chi connectivity index (χ1) is 9.52. The van der Waals surface area contributed by atoms with Crippen LogP contribution >= 0.6 is 0 Å². The highest BCUT2D eigenvalue weighted by atomic mass is 19.4. The zero-order valence-electron chi connectivity index (χ0n) is 10.3. The predicted octanol–water partition coefficient (Wildman–Crippen LogP) is 4.16. The van der Waals surface area contributed by atoms with Crippen LogP contribution in [0, 0.1) is 11.3 Å². The first-order valence-corrected chi connectivity index (χ1v) is 5.79. The molecule has 0 aromatic heterocycles. The van der Waals surface area contributed by atoms with Crippen molar-refractivity contribution in [3.05, 3.63) is 65.2 Å². The maximum absolute atomic E-state index is 12.8. The third kappa shape index (κ3) is 3.09. The first-order valence-electron chi connectivity index (χ1n) is 5.79. The van der Waals surface area contributed by atoms with Crippen molar-refractivity contribution in [1.29, 1.82) is 5.26 Å². The van der Waals surface area contributed by atoms with Gasteiger partial charge in [-0.25, -0.2) is 0 Å². The van der Waals surface area contributed by atoms with E-state index in [2.05, 4.69) is 0 Å². The molecule has 0 heterocycles. The molecule has 20 heavy (non-hydrogen) atoms. The van der Waals surface area contributed by atoms with Crippen molar-refractivity contribution in [3.8, 4) is 11.8 Å². The van der Waals surface area contributed by atoms with E-state index in [4.69, 9.17) is 10.00 Å². The van der Waals surface area contributed by atoms with E-state index in [-0.39, 0.29) is 12.4 Å². The summed E-state index contributed by atoms with van der Waals surface area (Å²) >= 11 is 0. The molecule has 0 radical (unpaired) electrons. The number of hydrogen-bond acceptors (Lipinski definition) is 2. The van der Waals surface area contributed by atoms with Crippen molar-refractivity contribution in [1.82, 2.24) is 0 Å². The molecule has 0 fully saturated rings. The van der Waals surface area contributed by atoms with Gasteiger partial charge in [-0.2, -0.15) is 18.4 Å². The Kier molecular flexibility index (Phi) is 3.94. The topological polar surface area (TPSA) is 33.0 Å². The highest BCUT2D eigenvalue weighted by Crippen LogP contribution is 2.36. The van der Waals surface area contributed by atoms with Gasteiger partial charge < -0.3 is 4.74 Å². The number of nitrogens with zero attached hydrogens (tertiary/aromatic N) is 1. The number of alkyl halides is 3. The van der Waals surface area contributed by atoms with Crippen molar-refractivity contribution in [2.75, 3.05) is 0 Å². The van der Waals surface area contributed by atoms with Crippen LogP contribution in [-0.2, 0) is 12.8 Å². The van der Waals surface area contributed by atoms with Gasteiger partial charge in [0.15, 0.2) is 0 Å². The van der Waals surface area contributed by atoms with Crippen LogP contribution in [0.5, 0.6) is 5.75 Å². The van der Waals surface area contributed by atoms with Gasteiger partial charge in [-0.15, -0.1) is 0 Å². The number of halogens is 3. The average Bonchev–Trinajstić information content (AvgIpc) is 2.44. The molecule has 2 aromatic carbocycles. The Morgan fingerprint density at radius 3 is 2.35 bits per heavy atom. The Labute approximate surface area is 114 Å². The predicted molar refractivity (Wildman–Crippen MR) is 66.9 cm³/mol. The van der Waals surface area contributed by atoms with Crippen LogP contribution in [0.4, 0.5) is 13.2 Å². The molecule has 5 heteroatoms. The summed E-state index contributed by atoms with van der Waals surface area (Å²) in [6, 6.07) is 13.6. The number of hydrogen-bond donors (Lipinski definition) is 0. The molecular weight excluding hydrogens is 267 g/mol. The SMILES string of the molecule is N#Cc1ccccc1COc1ccccc1C(F)(F)F. The molecule has 0 spiro atoms. The number of rotatable bonds is 3. The maximum atomic E-state index is 12.8. The lowest BCUT2D eigenvalue weighted by atomic mass is 10.1. The van der Waals surface area contributed by atoms with Crippen LogP contribution < -0.4 is 4.74 Å². The summed E-state index contributed by atoms with van der Waals surface area (Å²) in [6.07, 6.45) is -4.47. The second kappa shape index (κ2) is 5.66. The zero-order chi connectivity index (χ0) is 14.6. The lowest BCUT2D eigenvalue weighted by Crippen LogP contribution is -2.08. The second-order valence-electron chi connectivity index (χ2n) is 4.05. The molecule has 2 rings (SSSR count). The smallest absolute Gasteiger partial charge is 0.419 e. The standard InChI is InChI=1S/C15H10F3NO/c16-15(17,18)13-7-3-4-8-14(13)20-10-12-6-2-1-5-11(12)9-19/h1-8H,10H2. The van der Waals surface area contributed by atoms with E-state index in [0.717, 1.165) is 6.07 Å². The number of nitriles is 1. The van der Waals surface area contributed by atoms with E-state index in [0.29, 0.717) is 11.1 Å². The molecule has 0 aliphatic carbocycles. The fraction of sp³-hybridized carbons (Fsp3) is 0.133. The van der Waals surface area contributed by atoms with Crippen molar-refractivity contribution < 1.29 is 17.9 Å². The van der Waals surface area contributed by atoms with E-state index >= 15 is 0 Å². The van der Waals surface area contributed by atoms with Gasteiger partial charge in [0.2, 0.25) is 0 Å². The molecule has 0 saturated heterocycles. The van der Waals surface area contributed by atoms with Crippen molar-refractivity contribution >= 4 is 0 Å². The Bertz CT molecular complexity index is 644. The molecule has 0 amide bonds. The van der Waals surface area contributed by atoms with Gasteiger partial charge in [-0.1, -0.05) is 30.3 Å². The molecule has 2 aromatic rings. The van der Waals surface area contributed by atoms with Crippen LogP contribution in [0.15, 0.2) is 48.5 Å². The lowest BCUT2D eigenvalue weighted by molar-refractivity contribution is -0.139. The minimum absolute atomic E-state index is 0.0865. The summed E-state index contributed by atoms with van der Waals surface area (Å²) in [6.45, 7) is -0.0865. The molecule has 0 atom stereocenters. The fourth-order valence-corrected chi connectivity index (χ4v) is 1.74. The quantitative estimate of drug-likeness (QED) is 0.844. The molecule has 0 aliphatic heterocycles. The van der Waals surface area contributed by atoms with E-state index in [1.807, 2.05) is 6.07 Å². The first kappa shape index (κ1) is 13.9. The Hall–Kier alpha value is -2.48. The molecule has 2 nitrogen and oxygen atoms in total. The summed E-state index contributed by atoms with van der Waals surface area (Å²) in [5, 5.41) is 8.91. The summed E-state index contributed by atoms with van der Waals surface area (Å²) < 4.78 is 43.6. The van der Waals surface area contributed by atoms with Crippen LogP contribution in [0.25, 0.3) is 0 Å². The number of benzene rings is 2.